The number of hydrogen-bond acceptors (Lipinski definition) is 3. The first-order valence-electron chi connectivity index (χ1n) is 8.87. The van der Waals surface area contributed by atoms with Crippen molar-refractivity contribution in [3.05, 3.63) is 33.2 Å². The van der Waals surface area contributed by atoms with Gasteiger partial charge in [0.15, 0.2) is 5.43 Å². The first-order valence-corrected chi connectivity index (χ1v) is 8.87. The van der Waals surface area contributed by atoms with E-state index in [1.165, 1.54) is 52.1 Å². The van der Waals surface area contributed by atoms with E-state index in [1.54, 1.807) is 13.8 Å². The third-order valence-electron chi connectivity index (χ3n) is 4.33. The molecule has 3 nitrogen and oxygen atoms in total. The second-order valence-corrected chi connectivity index (χ2v) is 6.43. The fourth-order valence-corrected chi connectivity index (χ4v) is 2.69. The Morgan fingerprint density at radius 3 is 2.39 bits per heavy atom. The highest BCUT2D eigenvalue weighted by Gasteiger charge is 2.12. The van der Waals surface area contributed by atoms with Crippen LogP contribution in [0.25, 0.3) is 6.08 Å². The number of methoxy groups -OCH3 is 1. The van der Waals surface area contributed by atoms with E-state index in [2.05, 4.69) is 19.9 Å². The molecule has 0 spiro atoms. The number of unbranched alkanes of at least 4 members (excludes halogenated alkanes) is 5. The van der Waals surface area contributed by atoms with Gasteiger partial charge in [-0.3, -0.25) is 4.79 Å². The number of rotatable bonds is 10. The van der Waals surface area contributed by atoms with E-state index >= 15 is 0 Å². The van der Waals surface area contributed by atoms with Crippen LogP contribution in [0, 0.1) is 19.8 Å². The maximum absolute atomic E-state index is 12.1. The average molecular weight is 320 g/mol. The summed E-state index contributed by atoms with van der Waals surface area (Å²) in [7, 11) is 1.52. The molecule has 0 radical (unpaired) electrons. The van der Waals surface area contributed by atoms with Gasteiger partial charge in [0, 0.05) is 5.56 Å². The molecule has 0 N–H and O–H groups in total. The van der Waals surface area contributed by atoms with Gasteiger partial charge < -0.3 is 9.15 Å². The summed E-state index contributed by atoms with van der Waals surface area (Å²) < 4.78 is 10.8. The zero-order valence-corrected chi connectivity index (χ0v) is 15.4. The topological polar surface area (TPSA) is 39.4 Å². The number of ether oxygens (including phenoxy) is 1. The lowest BCUT2D eigenvalue weighted by molar-refractivity contribution is 0.289. The van der Waals surface area contributed by atoms with Crippen LogP contribution in [0.4, 0.5) is 0 Å². The van der Waals surface area contributed by atoms with Crippen molar-refractivity contribution < 1.29 is 9.15 Å². The van der Waals surface area contributed by atoms with Crippen LogP contribution in [0.15, 0.2) is 15.3 Å². The molecule has 0 saturated carbocycles. The molecule has 1 aromatic rings. The first kappa shape index (κ1) is 19.5. The van der Waals surface area contributed by atoms with Gasteiger partial charge in [0.05, 0.1) is 12.7 Å². The highest BCUT2D eigenvalue weighted by Crippen LogP contribution is 2.21. The largest absolute Gasteiger partial charge is 0.468 e. The van der Waals surface area contributed by atoms with Crippen molar-refractivity contribution in [3.8, 4) is 5.95 Å². The molecule has 0 fully saturated rings. The minimum atomic E-state index is -0.00340. The molecule has 1 unspecified atom stereocenters. The molecule has 0 aliphatic heterocycles. The summed E-state index contributed by atoms with van der Waals surface area (Å²) >= 11 is 0. The van der Waals surface area contributed by atoms with Crippen molar-refractivity contribution in [2.24, 2.45) is 5.92 Å². The molecule has 23 heavy (non-hydrogen) atoms. The van der Waals surface area contributed by atoms with E-state index < -0.39 is 0 Å². The second-order valence-electron chi connectivity index (χ2n) is 6.43. The van der Waals surface area contributed by atoms with Gasteiger partial charge in [0.1, 0.15) is 5.76 Å². The Hall–Kier alpha value is -1.51. The zero-order valence-electron chi connectivity index (χ0n) is 15.4. The van der Waals surface area contributed by atoms with Gasteiger partial charge in [-0.05, 0) is 32.3 Å². The summed E-state index contributed by atoms with van der Waals surface area (Å²) in [6.07, 6.45) is 13.1. The van der Waals surface area contributed by atoms with Crippen molar-refractivity contribution in [2.45, 2.75) is 72.6 Å². The van der Waals surface area contributed by atoms with E-state index in [0.717, 1.165) is 0 Å². The SMILES string of the molecule is CCCCCCCCC(C)/C=C/c1oc(OC)c(C)c(=O)c1C. The molecule has 1 rings (SSSR count). The van der Waals surface area contributed by atoms with Crippen LogP contribution in [-0.4, -0.2) is 7.11 Å². The molecule has 0 aliphatic rings. The Bertz CT molecular complexity index is 555. The van der Waals surface area contributed by atoms with Crippen LogP contribution in [0.2, 0.25) is 0 Å². The fraction of sp³-hybridized carbons (Fsp3) is 0.650. The Kier molecular flexibility index (Phi) is 8.75. The summed E-state index contributed by atoms with van der Waals surface area (Å²) in [6.45, 7) is 7.98. The summed E-state index contributed by atoms with van der Waals surface area (Å²) in [4.78, 5) is 12.1. The molecule has 0 saturated heterocycles. The maximum Gasteiger partial charge on any atom is 0.291 e. The number of hydrogen-bond donors (Lipinski definition) is 0. The van der Waals surface area contributed by atoms with E-state index in [0.29, 0.717) is 28.8 Å². The lowest BCUT2D eigenvalue weighted by Gasteiger charge is -2.08. The summed E-state index contributed by atoms with van der Waals surface area (Å²) in [5.74, 6) is 1.40. The molecule has 1 heterocycles. The average Bonchev–Trinajstić information content (AvgIpc) is 2.55. The summed E-state index contributed by atoms with van der Waals surface area (Å²) in [6, 6.07) is 0. The lowest BCUT2D eigenvalue weighted by Crippen LogP contribution is -2.11. The minimum absolute atomic E-state index is 0.00340. The van der Waals surface area contributed by atoms with Gasteiger partial charge in [-0.25, -0.2) is 0 Å². The fourth-order valence-electron chi connectivity index (χ4n) is 2.69. The maximum atomic E-state index is 12.1. The van der Waals surface area contributed by atoms with Crippen molar-refractivity contribution in [2.75, 3.05) is 7.11 Å². The zero-order chi connectivity index (χ0) is 17.2. The lowest BCUT2D eigenvalue weighted by atomic mass is 10.0. The Balaban J connectivity index is 2.56. The molecule has 1 aromatic heterocycles. The van der Waals surface area contributed by atoms with Crippen LogP contribution in [0.5, 0.6) is 5.95 Å². The summed E-state index contributed by atoms with van der Waals surface area (Å²) in [5.41, 5.74) is 1.17. The predicted molar refractivity (Wildman–Crippen MR) is 97.2 cm³/mol. The van der Waals surface area contributed by atoms with E-state index in [-0.39, 0.29) is 5.43 Å². The molecule has 1 atom stereocenters. The van der Waals surface area contributed by atoms with Crippen molar-refractivity contribution in [1.82, 2.24) is 0 Å². The quantitative estimate of drug-likeness (QED) is 0.522. The van der Waals surface area contributed by atoms with Crippen LogP contribution < -0.4 is 10.2 Å². The smallest absolute Gasteiger partial charge is 0.291 e. The van der Waals surface area contributed by atoms with Gasteiger partial charge in [0.2, 0.25) is 0 Å². The van der Waals surface area contributed by atoms with E-state index in [1.807, 2.05) is 6.08 Å². The standard InChI is InChI=1S/C20H32O3/c1-6-7-8-9-10-11-12-15(2)13-14-18-16(3)19(21)17(4)20(22-5)23-18/h13-15H,6-12H2,1-5H3/b14-13+. The minimum Gasteiger partial charge on any atom is -0.468 e. The molecule has 0 aromatic carbocycles. The van der Waals surface area contributed by atoms with Gasteiger partial charge in [-0.1, -0.05) is 58.4 Å². The van der Waals surface area contributed by atoms with E-state index in [4.69, 9.17) is 9.15 Å². The van der Waals surface area contributed by atoms with Gasteiger partial charge in [-0.2, -0.15) is 0 Å². The molecule has 130 valence electrons. The van der Waals surface area contributed by atoms with Crippen molar-refractivity contribution in [3.63, 3.8) is 0 Å². The normalized spacial score (nSPS) is 12.7. The third kappa shape index (κ3) is 6.25. The molecular weight excluding hydrogens is 288 g/mol. The van der Waals surface area contributed by atoms with Crippen LogP contribution in [-0.2, 0) is 0 Å². The number of allylic oxidation sites excluding steroid dienone is 1. The Morgan fingerprint density at radius 1 is 1.09 bits per heavy atom. The monoisotopic (exact) mass is 320 g/mol. The Morgan fingerprint density at radius 2 is 1.74 bits per heavy atom. The van der Waals surface area contributed by atoms with Gasteiger partial charge >= 0.3 is 0 Å². The molecule has 0 aliphatic carbocycles. The van der Waals surface area contributed by atoms with E-state index in [9.17, 15) is 4.79 Å². The molecule has 0 bridgehead atoms. The predicted octanol–water partition coefficient (Wildman–Crippen LogP) is 5.67. The highest BCUT2D eigenvalue weighted by atomic mass is 16.6. The molecular formula is C20H32O3. The molecule has 0 amide bonds. The van der Waals surface area contributed by atoms with Crippen molar-refractivity contribution >= 4 is 6.08 Å². The van der Waals surface area contributed by atoms with Gasteiger partial charge in [-0.15, -0.1) is 0 Å². The first-order chi connectivity index (χ1) is 11.0. The summed E-state index contributed by atoms with van der Waals surface area (Å²) in [5, 5.41) is 0. The van der Waals surface area contributed by atoms with Crippen LogP contribution in [0.3, 0.4) is 0 Å². The Labute approximate surface area is 140 Å². The van der Waals surface area contributed by atoms with Gasteiger partial charge in [0.25, 0.3) is 5.95 Å². The second kappa shape index (κ2) is 10.3. The van der Waals surface area contributed by atoms with Crippen LogP contribution in [0.1, 0.15) is 75.7 Å². The van der Waals surface area contributed by atoms with Crippen molar-refractivity contribution in [1.29, 1.82) is 0 Å². The van der Waals surface area contributed by atoms with Crippen LogP contribution >= 0.6 is 0 Å². The highest BCUT2D eigenvalue weighted by molar-refractivity contribution is 5.49. The molecule has 3 heteroatoms. The third-order valence-corrected chi connectivity index (χ3v) is 4.33.